The molecule has 202 valence electrons. The molecule has 3 aromatic carbocycles. The second-order valence-electron chi connectivity index (χ2n) is 9.31. The number of halogens is 2. The third kappa shape index (κ3) is 5.23. The number of nitrogens with zero attached hydrogens (tertiary/aromatic N) is 4. The van der Waals surface area contributed by atoms with Crippen molar-refractivity contribution in [1.29, 1.82) is 0 Å². The Morgan fingerprint density at radius 2 is 1.90 bits per heavy atom. The van der Waals surface area contributed by atoms with Gasteiger partial charge in [0.15, 0.2) is 5.82 Å². The highest BCUT2D eigenvalue weighted by Crippen LogP contribution is 2.33. The van der Waals surface area contributed by atoms with E-state index >= 15 is 0 Å². The summed E-state index contributed by atoms with van der Waals surface area (Å²) >= 11 is 12.4. The van der Waals surface area contributed by atoms with Crippen molar-refractivity contribution in [2.24, 2.45) is 5.92 Å². The molecule has 1 aliphatic carbocycles. The van der Waals surface area contributed by atoms with E-state index in [1.54, 1.807) is 54.6 Å². The molecule has 6 rings (SSSR count). The third-order valence-corrected chi connectivity index (χ3v) is 7.09. The minimum atomic E-state index is -0.462. The zero-order valence-corrected chi connectivity index (χ0v) is 22.7. The lowest BCUT2D eigenvalue weighted by Gasteiger charge is -2.08. The number of aromatic nitrogens is 5. The van der Waals surface area contributed by atoms with Crippen LogP contribution in [0.1, 0.15) is 18.4 Å². The van der Waals surface area contributed by atoms with Gasteiger partial charge >= 0.3 is 5.69 Å². The number of benzene rings is 3. The normalized spacial score (nSPS) is 12.9. The highest BCUT2D eigenvalue weighted by Gasteiger charge is 2.29. The molecule has 1 fully saturated rings. The van der Waals surface area contributed by atoms with Gasteiger partial charge in [0.2, 0.25) is 11.7 Å². The van der Waals surface area contributed by atoms with Gasteiger partial charge in [0.1, 0.15) is 5.75 Å². The monoisotopic (exact) mass is 576 g/mol. The maximum absolute atomic E-state index is 12.9. The number of nitrogens with one attached hydrogen (secondary N) is 2. The molecule has 2 heterocycles. The molecule has 0 radical (unpaired) electrons. The van der Waals surface area contributed by atoms with Crippen molar-refractivity contribution in [2.75, 3.05) is 7.11 Å². The van der Waals surface area contributed by atoms with Crippen molar-refractivity contribution in [3.8, 4) is 45.7 Å². The number of amides is 1. The number of hydrogen-bond acceptors (Lipinski definition) is 7. The summed E-state index contributed by atoms with van der Waals surface area (Å²) in [5.74, 6) is 1.52. The summed E-state index contributed by atoms with van der Waals surface area (Å²) in [5.41, 5.74) is 2.67. The molecule has 10 nitrogen and oxygen atoms in total. The quantitative estimate of drug-likeness (QED) is 0.257. The minimum Gasteiger partial charge on any atom is -0.496 e. The minimum absolute atomic E-state index is 0.0494. The van der Waals surface area contributed by atoms with Gasteiger partial charge in [-0.25, -0.2) is 4.79 Å². The molecule has 5 aromatic rings. The van der Waals surface area contributed by atoms with Crippen LogP contribution >= 0.6 is 23.2 Å². The molecule has 12 heteroatoms. The smallest absolute Gasteiger partial charge is 0.348 e. The van der Waals surface area contributed by atoms with Crippen molar-refractivity contribution in [2.45, 2.75) is 19.4 Å². The van der Waals surface area contributed by atoms with Crippen LogP contribution in [0.15, 0.2) is 70.0 Å². The summed E-state index contributed by atoms with van der Waals surface area (Å²) in [5, 5.41) is 12.5. The van der Waals surface area contributed by atoms with Crippen LogP contribution in [0.5, 0.6) is 5.75 Å². The highest BCUT2D eigenvalue weighted by atomic mass is 35.5. The number of hydrogen-bond donors (Lipinski definition) is 2. The summed E-state index contributed by atoms with van der Waals surface area (Å²) in [6.07, 6.45) is 1.86. The van der Waals surface area contributed by atoms with Gasteiger partial charge in [-0.2, -0.15) is 9.67 Å². The van der Waals surface area contributed by atoms with Crippen LogP contribution in [0.3, 0.4) is 0 Å². The van der Waals surface area contributed by atoms with Crippen molar-refractivity contribution in [3.05, 3.63) is 86.8 Å². The SMILES string of the molecule is COc1cc(-n2nc(-c3cc(CNC(=O)C4CC4)ccc3Cl)[nH]c2=O)ccc1-c1nc(-c2ccc(Cl)cc2)no1. The first kappa shape index (κ1) is 25.8. The molecule has 0 spiro atoms. The molecule has 1 saturated carbocycles. The lowest BCUT2D eigenvalue weighted by molar-refractivity contribution is -0.122. The van der Waals surface area contributed by atoms with Gasteiger partial charge in [0.25, 0.3) is 5.89 Å². The first-order valence-electron chi connectivity index (χ1n) is 12.4. The zero-order chi connectivity index (χ0) is 27.8. The molecule has 0 aliphatic heterocycles. The molecule has 0 atom stereocenters. The molecule has 0 bridgehead atoms. The van der Waals surface area contributed by atoms with E-state index in [4.69, 9.17) is 32.5 Å². The van der Waals surface area contributed by atoms with E-state index in [0.717, 1.165) is 24.0 Å². The molecule has 2 aromatic heterocycles. The largest absolute Gasteiger partial charge is 0.496 e. The fourth-order valence-electron chi connectivity index (χ4n) is 4.20. The second kappa shape index (κ2) is 10.6. The highest BCUT2D eigenvalue weighted by molar-refractivity contribution is 6.33. The van der Waals surface area contributed by atoms with E-state index in [0.29, 0.717) is 45.0 Å². The van der Waals surface area contributed by atoms with Crippen molar-refractivity contribution >= 4 is 29.1 Å². The van der Waals surface area contributed by atoms with Gasteiger partial charge in [-0.1, -0.05) is 34.4 Å². The molecule has 2 N–H and O–H groups in total. The van der Waals surface area contributed by atoms with E-state index in [-0.39, 0.29) is 23.5 Å². The Balaban J connectivity index is 1.27. The Kier molecular flexibility index (Phi) is 6.87. The predicted octanol–water partition coefficient (Wildman–Crippen LogP) is 5.29. The van der Waals surface area contributed by atoms with E-state index < -0.39 is 5.69 Å². The second-order valence-corrected chi connectivity index (χ2v) is 10.2. The molecule has 1 aliphatic rings. The van der Waals surface area contributed by atoms with E-state index in [1.807, 2.05) is 6.07 Å². The number of ether oxygens (including phenoxy) is 1. The number of carbonyl (C=O) groups excluding carboxylic acids is 1. The number of rotatable bonds is 8. The van der Waals surface area contributed by atoms with Crippen LogP contribution in [0, 0.1) is 5.92 Å². The van der Waals surface area contributed by atoms with Crippen LogP contribution in [-0.4, -0.2) is 37.9 Å². The van der Waals surface area contributed by atoms with E-state index in [9.17, 15) is 9.59 Å². The standard InChI is InChI=1S/C28H22Cl2N6O4/c1-39-23-13-19(9-10-20(23)27-32-24(35-40-27)16-5-7-18(29)8-6-16)36-28(38)33-25(34-36)21-12-15(2-11-22(21)30)14-31-26(37)17-3-4-17/h2,5-13,17H,3-4,14H2,1H3,(H,31,37)(H,33,34,38). The number of carbonyl (C=O) groups is 1. The fraction of sp³-hybridized carbons (Fsp3) is 0.179. The molecule has 1 amide bonds. The Morgan fingerprint density at radius 3 is 2.65 bits per heavy atom. The lowest BCUT2D eigenvalue weighted by Crippen LogP contribution is -2.24. The number of aromatic amines is 1. The predicted molar refractivity (Wildman–Crippen MR) is 149 cm³/mol. The maximum atomic E-state index is 12.9. The summed E-state index contributed by atoms with van der Waals surface area (Å²) in [6, 6.07) is 17.5. The van der Waals surface area contributed by atoms with Gasteiger partial charge in [-0.15, -0.1) is 5.10 Å². The summed E-state index contributed by atoms with van der Waals surface area (Å²) in [6.45, 7) is 0.360. The van der Waals surface area contributed by atoms with Gasteiger partial charge in [0.05, 0.1) is 23.4 Å². The van der Waals surface area contributed by atoms with Crippen LogP contribution < -0.4 is 15.7 Å². The Bertz CT molecular complexity index is 1770. The average molecular weight is 577 g/mol. The van der Waals surface area contributed by atoms with Crippen molar-refractivity contribution in [3.63, 3.8) is 0 Å². The van der Waals surface area contributed by atoms with Crippen LogP contribution in [0.2, 0.25) is 10.0 Å². The molecular weight excluding hydrogens is 555 g/mol. The Labute approximate surface area is 237 Å². The van der Waals surface area contributed by atoms with Crippen LogP contribution in [0.25, 0.3) is 39.9 Å². The first-order valence-corrected chi connectivity index (χ1v) is 13.2. The summed E-state index contributed by atoms with van der Waals surface area (Å²) in [7, 11) is 1.51. The number of H-pyrrole nitrogens is 1. The summed E-state index contributed by atoms with van der Waals surface area (Å²) in [4.78, 5) is 32.2. The van der Waals surface area contributed by atoms with Crippen molar-refractivity contribution < 1.29 is 14.1 Å². The van der Waals surface area contributed by atoms with Gasteiger partial charge in [-0.3, -0.25) is 9.78 Å². The van der Waals surface area contributed by atoms with Crippen LogP contribution in [0.4, 0.5) is 0 Å². The summed E-state index contributed by atoms with van der Waals surface area (Å²) < 4.78 is 12.3. The average Bonchev–Trinajstić information content (AvgIpc) is 3.58. The molecule has 40 heavy (non-hydrogen) atoms. The van der Waals surface area contributed by atoms with Gasteiger partial charge < -0.3 is 14.6 Å². The zero-order valence-electron chi connectivity index (χ0n) is 21.1. The fourth-order valence-corrected chi connectivity index (χ4v) is 4.53. The van der Waals surface area contributed by atoms with E-state index in [2.05, 4.69) is 25.5 Å². The Hall–Kier alpha value is -4.41. The molecule has 0 unspecified atom stereocenters. The van der Waals surface area contributed by atoms with Gasteiger partial charge in [-0.05, 0) is 66.9 Å². The third-order valence-electron chi connectivity index (χ3n) is 6.51. The Morgan fingerprint density at radius 1 is 1.10 bits per heavy atom. The number of methoxy groups -OCH3 is 1. The van der Waals surface area contributed by atoms with Gasteiger partial charge in [0, 0.05) is 34.7 Å². The van der Waals surface area contributed by atoms with Crippen LogP contribution in [-0.2, 0) is 11.3 Å². The van der Waals surface area contributed by atoms with Crippen molar-refractivity contribution in [1.82, 2.24) is 30.2 Å². The maximum Gasteiger partial charge on any atom is 0.348 e. The molecular formula is C28H22Cl2N6O4. The first-order chi connectivity index (χ1) is 19.4. The molecule has 0 saturated heterocycles. The van der Waals surface area contributed by atoms with E-state index in [1.165, 1.54) is 11.8 Å². The topological polar surface area (TPSA) is 128 Å². The lowest BCUT2D eigenvalue weighted by atomic mass is 10.1.